The van der Waals surface area contributed by atoms with Gasteiger partial charge in [-0.3, -0.25) is 9.59 Å². The summed E-state index contributed by atoms with van der Waals surface area (Å²) in [5.74, 6) is -1.72. The Hall–Kier alpha value is -4.94. The zero-order valence-electron chi connectivity index (χ0n) is 38.7. The van der Waals surface area contributed by atoms with E-state index in [4.69, 9.17) is 43.5 Å². The van der Waals surface area contributed by atoms with E-state index in [9.17, 15) is 14.4 Å². The topological polar surface area (TPSA) is 183 Å². The lowest BCUT2D eigenvalue weighted by Crippen LogP contribution is -3.00. The molecule has 2 aromatic rings. The highest BCUT2D eigenvalue weighted by molar-refractivity contribution is 6.03. The number of azide groups is 1. The van der Waals surface area contributed by atoms with Gasteiger partial charge in [-0.2, -0.15) is 4.58 Å². The van der Waals surface area contributed by atoms with E-state index in [0.29, 0.717) is 104 Å². The van der Waals surface area contributed by atoms with Gasteiger partial charge >= 0.3 is 5.97 Å². The van der Waals surface area contributed by atoms with E-state index >= 15 is 0 Å². The Labute approximate surface area is 394 Å². The normalized spacial score (nSPS) is 16.7. The summed E-state index contributed by atoms with van der Waals surface area (Å²) in [5, 5.41) is 3.97. The Morgan fingerprint density at radius 1 is 0.697 bits per heavy atom. The molecule has 0 bridgehead atoms. The van der Waals surface area contributed by atoms with Crippen molar-refractivity contribution in [3.05, 3.63) is 106 Å². The van der Waals surface area contributed by atoms with E-state index in [-0.39, 0.29) is 55.7 Å². The van der Waals surface area contributed by atoms with Gasteiger partial charge in [0.25, 0.3) is 11.8 Å². The molecular weight excluding hydrogens is 872 g/mol. The van der Waals surface area contributed by atoms with Crippen molar-refractivity contribution in [1.82, 2.24) is 5.06 Å². The molecule has 0 aliphatic carbocycles. The number of ether oxygens (including phenoxy) is 7. The zero-order chi connectivity index (χ0) is 46.3. The maximum atomic E-state index is 11.8. The summed E-state index contributed by atoms with van der Waals surface area (Å²) in [6.45, 7) is 16.4. The highest BCUT2D eigenvalue weighted by Crippen LogP contribution is 2.47. The quantitative estimate of drug-likeness (QED) is 0.0205. The van der Waals surface area contributed by atoms with Crippen molar-refractivity contribution in [3.63, 3.8) is 0 Å². The highest BCUT2D eigenvalue weighted by atomic mass is 35.5. The number of nitrogens with zero attached hydrogens (tertiary/aromatic N) is 6. The Morgan fingerprint density at radius 2 is 1.24 bits per heavy atom. The molecular formula is C48H65ClN6O11. The molecule has 3 aliphatic rings. The van der Waals surface area contributed by atoms with Crippen LogP contribution in [-0.4, -0.2) is 145 Å². The van der Waals surface area contributed by atoms with Gasteiger partial charge in [0.1, 0.15) is 6.61 Å². The number of benzene rings is 2. The molecule has 3 aliphatic heterocycles. The fourth-order valence-electron chi connectivity index (χ4n) is 7.85. The minimum Gasteiger partial charge on any atom is -1.00 e. The summed E-state index contributed by atoms with van der Waals surface area (Å²) in [5.41, 5.74) is 15.3. The molecule has 0 radical (unpaired) electrons. The number of fused-ring (bicyclic) bond motifs is 2. The third-order valence-electron chi connectivity index (χ3n) is 11.2. The lowest BCUT2D eigenvalue weighted by Gasteiger charge is -2.27. The number of para-hydroxylation sites is 2. The summed E-state index contributed by atoms with van der Waals surface area (Å²) in [6, 6.07) is 17.1. The maximum Gasteiger partial charge on any atom is 0.335 e. The van der Waals surface area contributed by atoms with Gasteiger partial charge < -0.3 is 55.3 Å². The second kappa shape index (κ2) is 28.3. The van der Waals surface area contributed by atoms with E-state index < -0.39 is 17.8 Å². The first kappa shape index (κ1) is 53.7. The van der Waals surface area contributed by atoms with E-state index in [1.807, 2.05) is 0 Å². The smallest absolute Gasteiger partial charge is 0.335 e. The third-order valence-corrected chi connectivity index (χ3v) is 11.2. The van der Waals surface area contributed by atoms with Crippen molar-refractivity contribution in [1.29, 1.82) is 0 Å². The SMILES string of the molecule is CC1(C)C(=C/C=C/C=C/C2=[N+](CCOCCOCCOCCOCCC(=O)ON3C(=O)CCC3=O)c3ccccc3C2(C)C)N(CCOCCOCCOCCN=[N+]=[N-])c2ccccc21.[Cl-]. The molecule has 0 N–H and O–H groups in total. The summed E-state index contributed by atoms with van der Waals surface area (Å²) in [6.07, 6.45) is 10.8. The average Bonchev–Trinajstić information content (AvgIpc) is 3.81. The number of carbonyl (C=O) groups is 3. The molecule has 5 rings (SSSR count). The van der Waals surface area contributed by atoms with Crippen LogP contribution in [-0.2, 0) is 63.2 Å². The lowest BCUT2D eigenvalue weighted by molar-refractivity contribution is -0.442. The Morgan fingerprint density at radius 3 is 1.88 bits per heavy atom. The molecule has 0 aromatic heterocycles. The molecule has 0 saturated carbocycles. The second-order valence-electron chi connectivity index (χ2n) is 16.3. The van der Waals surface area contributed by atoms with Crippen LogP contribution < -0.4 is 17.3 Å². The van der Waals surface area contributed by atoms with Gasteiger partial charge in [-0.1, -0.05) is 73.6 Å². The molecule has 0 atom stereocenters. The van der Waals surface area contributed by atoms with Gasteiger partial charge in [0, 0.05) is 65.3 Å². The lowest BCUT2D eigenvalue weighted by atomic mass is 9.81. The number of imide groups is 1. The standard InChI is InChI=1S/C48H65N6O11.ClH/c1-47(2)38-12-8-10-14-40(38)52(22-26-60-30-34-63-33-29-59-25-21-50-51-49)42(47)16-6-5-7-17-43-48(3,4)39-13-9-11-15-41(39)53(43)23-27-61-31-35-64-37-36-62-32-28-58-24-20-46(57)65-54-44(55)18-19-45(54)56;/h5-17H,18-37H2,1-4H3;1H/q+1;/p-1. The molecule has 0 spiro atoms. The molecule has 360 valence electrons. The fourth-order valence-corrected chi connectivity index (χ4v) is 7.85. The van der Waals surface area contributed by atoms with Crippen LogP contribution in [0.1, 0.15) is 58.1 Å². The summed E-state index contributed by atoms with van der Waals surface area (Å²) in [7, 11) is 0. The monoisotopic (exact) mass is 936 g/mol. The maximum absolute atomic E-state index is 11.8. The second-order valence-corrected chi connectivity index (χ2v) is 16.3. The fraction of sp³-hybridized carbons (Fsp3) is 0.542. The number of hydrogen-bond acceptors (Lipinski definition) is 13. The first-order chi connectivity index (χ1) is 31.6. The predicted octanol–water partition coefficient (Wildman–Crippen LogP) is 3.28. The molecule has 0 unspecified atom stereocenters. The van der Waals surface area contributed by atoms with E-state index in [1.165, 1.54) is 33.9 Å². The van der Waals surface area contributed by atoms with Crippen molar-refractivity contribution in [2.24, 2.45) is 5.11 Å². The predicted molar refractivity (Wildman–Crippen MR) is 244 cm³/mol. The van der Waals surface area contributed by atoms with Gasteiger partial charge in [-0.25, -0.2) is 4.79 Å². The van der Waals surface area contributed by atoms with Crippen molar-refractivity contribution >= 4 is 34.9 Å². The zero-order valence-corrected chi connectivity index (χ0v) is 39.5. The Balaban J connectivity index is 0.00000952. The Kier molecular flexibility index (Phi) is 23.0. The van der Waals surface area contributed by atoms with Crippen LogP contribution in [0.2, 0.25) is 0 Å². The van der Waals surface area contributed by atoms with Crippen LogP contribution in [0.15, 0.2) is 89.7 Å². The number of rotatable bonds is 31. The number of halogens is 1. The molecule has 17 nitrogen and oxygen atoms in total. The minimum atomic E-state index is -0.699. The molecule has 2 amide bonds. The molecule has 66 heavy (non-hydrogen) atoms. The van der Waals surface area contributed by atoms with Crippen LogP contribution in [0.4, 0.5) is 11.4 Å². The average molecular weight is 938 g/mol. The van der Waals surface area contributed by atoms with Crippen LogP contribution in [0.25, 0.3) is 10.4 Å². The number of allylic oxidation sites excluding steroid dienone is 6. The summed E-state index contributed by atoms with van der Waals surface area (Å²) in [4.78, 5) is 44.8. The van der Waals surface area contributed by atoms with Crippen molar-refractivity contribution in [2.45, 2.75) is 57.8 Å². The van der Waals surface area contributed by atoms with Crippen molar-refractivity contribution in [2.75, 3.05) is 117 Å². The Bertz CT molecular complexity index is 2050. The third kappa shape index (κ3) is 15.6. The van der Waals surface area contributed by atoms with Crippen molar-refractivity contribution in [3.8, 4) is 0 Å². The van der Waals surface area contributed by atoms with Crippen LogP contribution >= 0.6 is 0 Å². The first-order valence-electron chi connectivity index (χ1n) is 22.4. The number of hydroxylamine groups is 2. The van der Waals surface area contributed by atoms with Gasteiger partial charge in [0.2, 0.25) is 5.69 Å². The summed E-state index contributed by atoms with van der Waals surface area (Å²) >= 11 is 0. The highest BCUT2D eigenvalue weighted by Gasteiger charge is 2.44. The molecule has 1 fully saturated rings. The van der Waals surface area contributed by atoms with E-state index in [0.717, 1.165) is 0 Å². The van der Waals surface area contributed by atoms with Gasteiger partial charge in [-0.05, 0) is 37.1 Å². The van der Waals surface area contributed by atoms with Crippen LogP contribution in [0.3, 0.4) is 0 Å². The van der Waals surface area contributed by atoms with Gasteiger partial charge in [0.15, 0.2) is 12.3 Å². The minimum absolute atomic E-state index is 0. The molecule has 3 heterocycles. The number of amides is 2. The van der Waals surface area contributed by atoms with E-state index in [2.05, 4.69) is 126 Å². The van der Waals surface area contributed by atoms with Crippen LogP contribution in [0, 0.1) is 0 Å². The van der Waals surface area contributed by atoms with Crippen molar-refractivity contribution < 1.29 is 69.4 Å². The van der Waals surface area contributed by atoms with Crippen LogP contribution in [0.5, 0.6) is 0 Å². The molecule has 18 heteroatoms. The van der Waals surface area contributed by atoms with Gasteiger partial charge in [-0.15, -0.1) is 5.06 Å². The number of hydrogen-bond donors (Lipinski definition) is 0. The largest absolute Gasteiger partial charge is 1.00 e. The first-order valence-corrected chi connectivity index (χ1v) is 22.4. The number of carbonyl (C=O) groups excluding carboxylic acids is 3. The number of anilines is 1. The molecule has 1 saturated heterocycles. The van der Waals surface area contributed by atoms with Gasteiger partial charge in [0.05, 0.1) is 97.7 Å². The summed E-state index contributed by atoms with van der Waals surface area (Å²) < 4.78 is 41.9. The molecule has 2 aromatic carbocycles. The van der Waals surface area contributed by atoms with E-state index in [1.54, 1.807) is 0 Å².